The molecule has 0 radical (unpaired) electrons. The van der Waals surface area contributed by atoms with Gasteiger partial charge in [-0.05, 0) is 67.6 Å². The fourth-order valence-corrected chi connectivity index (χ4v) is 5.00. The molecule has 9 heteroatoms. The maximum Gasteiger partial charge on any atom is 0.295 e. The first-order valence-electron chi connectivity index (χ1n) is 14.0. The van der Waals surface area contributed by atoms with Crippen LogP contribution in [0.2, 0.25) is 0 Å². The second kappa shape index (κ2) is 13.8. The number of halogens is 1. The van der Waals surface area contributed by atoms with Gasteiger partial charge in [-0.25, -0.2) is 4.39 Å². The maximum absolute atomic E-state index is 13.6. The van der Waals surface area contributed by atoms with Gasteiger partial charge in [0.25, 0.3) is 11.7 Å². The molecule has 2 aliphatic heterocycles. The summed E-state index contributed by atoms with van der Waals surface area (Å²) in [4.78, 5) is 30.5. The quantitative estimate of drug-likeness (QED) is 0.229. The third-order valence-corrected chi connectivity index (χ3v) is 7.17. The van der Waals surface area contributed by atoms with E-state index in [1.54, 1.807) is 18.2 Å². The van der Waals surface area contributed by atoms with Gasteiger partial charge in [0.15, 0.2) is 11.5 Å². The monoisotopic (exact) mass is 554 g/mol. The Morgan fingerprint density at radius 3 is 2.45 bits per heavy atom. The van der Waals surface area contributed by atoms with Gasteiger partial charge in [0.05, 0.1) is 38.0 Å². The highest BCUT2D eigenvalue weighted by Crippen LogP contribution is 2.42. The Hall–Kier alpha value is -3.43. The minimum atomic E-state index is -0.835. The number of ketones is 1. The van der Waals surface area contributed by atoms with E-state index in [2.05, 4.69) is 18.7 Å². The van der Waals surface area contributed by atoms with Crippen molar-refractivity contribution in [1.29, 1.82) is 0 Å². The Morgan fingerprint density at radius 2 is 1.77 bits per heavy atom. The van der Waals surface area contributed by atoms with Gasteiger partial charge >= 0.3 is 0 Å². The number of morpholine rings is 1. The number of hydrogen-bond donors (Lipinski definition) is 1. The number of Topliss-reactive ketones (excluding diaryl/α,β-unsaturated/α-hetero) is 1. The molecule has 1 N–H and O–H groups in total. The lowest BCUT2D eigenvalue weighted by atomic mass is 9.95. The summed E-state index contributed by atoms with van der Waals surface area (Å²) in [7, 11) is 0. The summed E-state index contributed by atoms with van der Waals surface area (Å²) in [5.41, 5.74) is 0.851. The number of ether oxygens (including phenoxy) is 3. The Bertz CT molecular complexity index is 1210. The Kier molecular flexibility index (Phi) is 10.2. The van der Waals surface area contributed by atoms with Crippen LogP contribution >= 0.6 is 0 Å². The van der Waals surface area contributed by atoms with E-state index in [1.165, 1.54) is 29.2 Å². The molecule has 2 aromatic carbocycles. The van der Waals surface area contributed by atoms with Crippen LogP contribution in [-0.2, 0) is 14.3 Å². The molecule has 2 aliphatic rings. The van der Waals surface area contributed by atoms with Gasteiger partial charge in [0.1, 0.15) is 11.6 Å². The molecule has 1 unspecified atom stereocenters. The molecular formula is C31H39FN2O6. The van der Waals surface area contributed by atoms with Crippen molar-refractivity contribution >= 4 is 17.4 Å². The van der Waals surface area contributed by atoms with Crippen LogP contribution in [0.3, 0.4) is 0 Å². The van der Waals surface area contributed by atoms with Crippen molar-refractivity contribution in [2.24, 2.45) is 5.92 Å². The van der Waals surface area contributed by atoms with E-state index >= 15 is 0 Å². The fraction of sp³-hybridized carbons (Fsp3) is 0.484. The van der Waals surface area contributed by atoms with E-state index in [0.29, 0.717) is 62.4 Å². The predicted molar refractivity (Wildman–Crippen MR) is 150 cm³/mol. The molecule has 1 atom stereocenters. The standard InChI is InChI=1S/C31H39FN2O6/c1-4-39-26-20-23(8-11-25(26)40-17-12-21(2)3)28-27(29(35)22-6-9-24(32)10-7-22)30(36)31(37)34(28)14-5-13-33-15-18-38-19-16-33/h6-11,20-21,28,35H,4-5,12-19H2,1-3H3/b29-27+. The SMILES string of the molecule is CCOc1cc(C2/C(=C(\O)c3ccc(F)cc3)C(=O)C(=O)N2CCCN2CCOCC2)ccc1OCCC(C)C. The summed E-state index contributed by atoms with van der Waals surface area (Å²) in [6.45, 7) is 11.1. The second-order valence-corrected chi connectivity index (χ2v) is 10.5. The van der Waals surface area contributed by atoms with E-state index in [1.807, 2.05) is 6.92 Å². The van der Waals surface area contributed by atoms with Crippen molar-refractivity contribution in [1.82, 2.24) is 9.80 Å². The Labute approximate surface area is 235 Å². The molecule has 0 aliphatic carbocycles. The van der Waals surface area contributed by atoms with Gasteiger partial charge in [0, 0.05) is 31.7 Å². The van der Waals surface area contributed by atoms with Gasteiger partial charge in [-0.3, -0.25) is 14.5 Å². The molecule has 2 fully saturated rings. The highest BCUT2D eigenvalue weighted by Gasteiger charge is 2.46. The third-order valence-electron chi connectivity index (χ3n) is 7.17. The van der Waals surface area contributed by atoms with Crippen LogP contribution in [0.25, 0.3) is 5.76 Å². The van der Waals surface area contributed by atoms with Crippen LogP contribution < -0.4 is 9.47 Å². The maximum atomic E-state index is 13.6. The molecule has 216 valence electrons. The first kappa shape index (κ1) is 29.6. The molecule has 2 aromatic rings. The number of carbonyl (C=O) groups is 2. The van der Waals surface area contributed by atoms with Crippen molar-refractivity contribution in [2.75, 3.05) is 52.6 Å². The van der Waals surface area contributed by atoms with Crippen LogP contribution in [0.4, 0.5) is 4.39 Å². The van der Waals surface area contributed by atoms with E-state index < -0.39 is 23.5 Å². The largest absolute Gasteiger partial charge is 0.507 e. The van der Waals surface area contributed by atoms with Gasteiger partial charge in [-0.2, -0.15) is 0 Å². The molecule has 0 bridgehead atoms. The molecule has 0 saturated carbocycles. The van der Waals surface area contributed by atoms with Crippen molar-refractivity contribution in [2.45, 2.75) is 39.7 Å². The summed E-state index contributed by atoms with van der Waals surface area (Å²) in [6, 6.07) is 9.73. The number of nitrogens with zero attached hydrogens (tertiary/aromatic N) is 2. The number of hydrogen-bond acceptors (Lipinski definition) is 7. The number of rotatable bonds is 12. The van der Waals surface area contributed by atoms with Gasteiger partial charge in [-0.1, -0.05) is 19.9 Å². The second-order valence-electron chi connectivity index (χ2n) is 10.5. The molecule has 8 nitrogen and oxygen atoms in total. The van der Waals surface area contributed by atoms with Crippen molar-refractivity contribution in [3.63, 3.8) is 0 Å². The number of carbonyl (C=O) groups excluding carboxylic acids is 2. The lowest BCUT2D eigenvalue weighted by molar-refractivity contribution is -0.140. The summed E-state index contributed by atoms with van der Waals surface area (Å²) < 4.78 is 30.9. The van der Waals surface area contributed by atoms with E-state index in [9.17, 15) is 19.1 Å². The van der Waals surface area contributed by atoms with Crippen LogP contribution in [-0.4, -0.2) is 79.2 Å². The topological polar surface area (TPSA) is 88.5 Å². The van der Waals surface area contributed by atoms with Crippen molar-refractivity contribution in [3.8, 4) is 11.5 Å². The zero-order chi connectivity index (χ0) is 28.6. The van der Waals surface area contributed by atoms with Crippen LogP contribution in [0.15, 0.2) is 48.0 Å². The van der Waals surface area contributed by atoms with Crippen LogP contribution in [0.5, 0.6) is 11.5 Å². The first-order valence-corrected chi connectivity index (χ1v) is 14.0. The smallest absolute Gasteiger partial charge is 0.295 e. The Morgan fingerprint density at radius 1 is 1.05 bits per heavy atom. The van der Waals surface area contributed by atoms with Gasteiger partial charge < -0.3 is 24.2 Å². The van der Waals surface area contributed by atoms with E-state index in [0.717, 1.165) is 26.1 Å². The van der Waals surface area contributed by atoms with Gasteiger partial charge in [-0.15, -0.1) is 0 Å². The molecule has 4 rings (SSSR count). The summed E-state index contributed by atoms with van der Waals surface area (Å²) >= 11 is 0. The first-order chi connectivity index (χ1) is 19.3. The van der Waals surface area contributed by atoms with Crippen molar-refractivity contribution < 1.29 is 33.3 Å². The number of likely N-dealkylation sites (tertiary alicyclic amines) is 1. The van der Waals surface area contributed by atoms with E-state index in [-0.39, 0.29) is 16.9 Å². The molecule has 40 heavy (non-hydrogen) atoms. The molecule has 2 saturated heterocycles. The van der Waals surface area contributed by atoms with Crippen molar-refractivity contribution in [3.05, 3.63) is 65.0 Å². The van der Waals surface area contributed by atoms with Crippen LogP contribution in [0, 0.1) is 11.7 Å². The van der Waals surface area contributed by atoms with Gasteiger partial charge in [0.2, 0.25) is 0 Å². The highest BCUT2D eigenvalue weighted by atomic mass is 19.1. The summed E-state index contributed by atoms with van der Waals surface area (Å²) in [5, 5.41) is 11.3. The average Bonchev–Trinajstić information content (AvgIpc) is 3.19. The normalized spacial score (nSPS) is 19.4. The Balaban J connectivity index is 1.69. The minimum absolute atomic E-state index is 0.0288. The summed E-state index contributed by atoms with van der Waals surface area (Å²) in [6.07, 6.45) is 1.53. The lowest BCUT2D eigenvalue weighted by Crippen LogP contribution is -2.39. The number of aliphatic hydroxyl groups is 1. The van der Waals surface area contributed by atoms with Crippen LogP contribution in [0.1, 0.15) is 50.8 Å². The highest BCUT2D eigenvalue weighted by molar-refractivity contribution is 6.46. The average molecular weight is 555 g/mol. The zero-order valence-electron chi connectivity index (χ0n) is 23.5. The molecule has 0 spiro atoms. The molecule has 2 heterocycles. The lowest BCUT2D eigenvalue weighted by Gasteiger charge is -2.29. The predicted octanol–water partition coefficient (Wildman–Crippen LogP) is 4.79. The minimum Gasteiger partial charge on any atom is -0.507 e. The number of aliphatic hydroxyl groups excluding tert-OH is 1. The fourth-order valence-electron chi connectivity index (χ4n) is 5.00. The molecule has 0 aromatic heterocycles. The number of benzene rings is 2. The number of amides is 1. The molecule has 1 amide bonds. The zero-order valence-corrected chi connectivity index (χ0v) is 23.5. The van der Waals surface area contributed by atoms with E-state index in [4.69, 9.17) is 14.2 Å². The molecular weight excluding hydrogens is 515 g/mol. The summed E-state index contributed by atoms with van der Waals surface area (Å²) in [5.74, 6) is -0.684. The third kappa shape index (κ3) is 7.01.